The van der Waals surface area contributed by atoms with Gasteiger partial charge in [-0.1, -0.05) is 18.2 Å². The Morgan fingerprint density at radius 2 is 1.79 bits per heavy atom. The zero-order valence-electron chi connectivity index (χ0n) is 16.0. The SMILES string of the molecule is CNCCc1c(C(=O)NCCOc2ccc(C(=O)NO)cc2)oc2ccccc12. The molecule has 0 fully saturated rings. The van der Waals surface area contributed by atoms with Crippen molar-refractivity contribution < 1.29 is 24.0 Å². The van der Waals surface area contributed by atoms with Crippen LogP contribution in [-0.2, 0) is 6.42 Å². The molecular formula is C21H23N3O5. The van der Waals surface area contributed by atoms with Crippen molar-refractivity contribution in [2.45, 2.75) is 6.42 Å². The fraction of sp³-hybridized carbons (Fsp3) is 0.238. The largest absolute Gasteiger partial charge is 0.492 e. The van der Waals surface area contributed by atoms with Crippen LogP contribution in [-0.4, -0.2) is 43.8 Å². The molecule has 0 bridgehead atoms. The normalized spacial score (nSPS) is 10.7. The van der Waals surface area contributed by atoms with E-state index in [0.717, 1.165) is 17.5 Å². The number of amides is 2. The molecule has 0 saturated heterocycles. The van der Waals surface area contributed by atoms with Gasteiger partial charge in [-0.25, -0.2) is 5.48 Å². The molecule has 8 heteroatoms. The molecule has 3 rings (SSSR count). The fourth-order valence-electron chi connectivity index (χ4n) is 2.96. The first-order valence-corrected chi connectivity index (χ1v) is 9.24. The maximum atomic E-state index is 12.6. The van der Waals surface area contributed by atoms with E-state index >= 15 is 0 Å². The summed E-state index contributed by atoms with van der Waals surface area (Å²) in [6.45, 7) is 1.28. The molecule has 8 nitrogen and oxygen atoms in total. The number of hydrogen-bond acceptors (Lipinski definition) is 6. The van der Waals surface area contributed by atoms with Crippen molar-refractivity contribution in [1.29, 1.82) is 0 Å². The van der Waals surface area contributed by atoms with E-state index in [-0.39, 0.29) is 12.5 Å². The Hall–Kier alpha value is -3.36. The maximum absolute atomic E-state index is 12.6. The minimum absolute atomic E-state index is 0.253. The first-order chi connectivity index (χ1) is 14.1. The molecule has 1 heterocycles. The summed E-state index contributed by atoms with van der Waals surface area (Å²) in [5, 5.41) is 15.4. The van der Waals surface area contributed by atoms with Crippen LogP contribution >= 0.6 is 0 Å². The van der Waals surface area contributed by atoms with Crippen molar-refractivity contribution in [2.24, 2.45) is 0 Å². The second-order valence-electron chi connectivity index (χ2n) is 6.33. The van der Waals surface area contributed by atoms with E-state index in [1.807, 2.05) is 31.3 Å². The zero-order valence-corrected chi connectivity index (χ0v) is 16.0. The number of ether oxygens (including phenoxy) is 1. The van der Waals surface area contributed by atoms with Crippen molar-refractivity contribution in [2.75, 3.05) is 26.7 Å². The Labute approximate surface area is 167 Å². The van der Waals surface area contributed by atoms with Gasteiger partial charge in [-0.15, -0.1) is 0 Å². The highest BCUT2D eigenvalue weighted by molar-refractivity contribution is 5.99. The number of likely N-dealkylation sites (N-methyl/N-ethyl adjacent to an activating group) is 1. The number of hydroxylamine groups is 1. The number of benzene rings is 2. The third-order valence-corrected chi connectivity index (χ3v) is 4.40. The lowest BCUT2D eigenvalue weighted by Crippen LogP contribution is -2.28. The first-order valence-electron chi connectivity index (χ1n) is 9.24. The molecule has 152 valence electrons. The van der Waals surface area contributed by atoms with Gasteiger partial charge in [0.05, 0.1) is 6.54 Å². The number of para-hydroxylation sites is 1. The molecule has 0 aliphatic heterocycles. The molecule has 29 heavy (non-hydrogen) atoms. The van der Waals surface area contributed by atoms with E-state index in [9.17, 15) is 9.59 Å². The van der Waals surface area contributed by atoms with Crippen molar-refractivity contribution in [3.05, 3.63) is 65.4 Å². The Morgan fingerprint density at radius 3 is 2.52 bits per heavy atom. The van der Waals surface area contributed by atoms with Gasteiger partial charge < -0.3 is 19.8 Å². The number of rotatable bonds is 9. The Morgan fingerprint density at radius 1 is 1.03 bits per heavy atom. The Balaban J connectivity index is 1.57. The van der Waals surface area contributed by atoms with Crippen LogP contribution in [0.4, 0.5) is 0 Å². The molecule has 0 unspecified atom stereocenters. The number of furan rings is 1. The van der Waals surface area contributed by atoms with Gasteiger partial charge in [0.1, 0.15) is 17.9 Å². The van der Waals surface area contributed by atoms with Crippen molar-refractivity contribution in [1.82, 2.24) is 16.1 Å². The van der Waals surface area contributed by atoms with Crippen LogP contribution in [0.25, 0.3) is 11.0 Å². The molecule has 2 aromatic carbocycles. The molecule has 0 aliphatic rings. The highest BCUT2D eigenvalue weighted by atomic mass is 16.5. The Bertz CT molecular complexity index is 982. The van der Waals surface area contributed by atoms with Crippen LogP contribution < -0.4 is 20.9 Å². The summed E-state index contributed by atoms with van der Waals surface area (Å²) in [7, 11) is 1.86. The topological polar surface area (TPSA) is 113 Å². The van der Waals surface area contributed by atoms with Gasteiger partial charge in [0.25, 0.3) is 11.8 Å². The summed E-state index contributed by atoms with van der Waals surface area (Å²) in [5.74, 6) is -0.0115. The Kier molecular flexibility index (Phi) is 6.83. The van der Waals surface area contributed by atoms with Crippen LogP contribution in [0, 0.1) is 0 Å². The van der Waals surface area contributed by atoms with Crippen molar-refractivity contribution >= 4 is 22.8 Å². The van der Waals surface area contributed by atoms with Gasteiger partial charge in [-0.3, -0.25) is 14.8 Å². The van der Waals surface area contributed by atoms with E-state index < -0.39 is 5.91 Å². The highest BCUT2D eigenvalue weighted by Gasteiger charge is 2.19. The van der Waals surface area contributed by atoms with Gasteiger partial charge in [0, 0.05) is 16.5 Å². The molecule has 0 radical (unpaired) electrons. The van der Waals surface area contributed by atoms with Gasteiger partial charge in [0.2, 0.25) is 0 Å². The number of carbonyl (C=O) groups excluding carboxylic acids is 2. The standard InChI is InChI=1S/C21H23N3O5/c1-22-11-10-17-16-4-2-3-5-18(16)29-19(17)21(26)23-12-13-28-15-8-6-14(7-9-15)20(25)24-27/h2-9,22,27H,10-13H2,1H3,(H,23,26)(H,24,25). The predicted molar refractivity (Wildman–Crippen MR) is 107 cm³/mol. The van der Waals surface area contributed by atoms with Crippen LogP contribution in [0.5, 0.6) is 5.75 Å². The highest BCUT2D eigenvalue weighted by Crippen LogP contribution is 2.26. The van der Waals surface area contributed by atoms with Gasteiger partial charge in [-0.2, -0.15) is 0 Å². The molecule has 0 spiro atoms. The van der Waals surface area contributed by atoms with E-state index in [4.69, 9.17) is 14.4 Å². The van der Waals surface area contributed by atoms with Crippen LogP contribution in [0.1, 0.15) is 26.5 Å². The summed E-state index contributed by atoms with van der Waals surface area (Å²) in [4.78, 5) is 23.9. The lowest BCUT2D eigenvalue weighted by molar-refractivity contribution is 0.0706. The summed E-state index contributed by atoms with van der Waals surface area (Å²) >= 11 is 0. The molecular weight excluding hydrogens is 374 g/mol. The van der Waals surface area contributed by atoms with Gasteiger partial charge in [-0.05, 0) is 50.3 Å². The first kappa shape index (κ1) is 20.4. The number of nitrogens with one attached hydrogen (secondary N) is 3. The quantitative estimate of drug-likeness (QED) is 0.250. The van der Waals surface area contributed by atoms with Crippen molar-refractivity contribution in [3.63, 3.8) is 0 Å². The summed E-state index contributed by atoms with van der Waals surface area (Å²) in [5.41, 5.74) is 3.45. The number of fused-ring (bicyclic) bond motifs is 1. The monoisotopic (exact) mass is 397 g/mol. The molecule has 1 aromatic heterocycles. The molecule has 3 aromatic rings. The van der Waals surface area contributed by atoms with E-state index in [0.29, 0.717) is 35.6 Å². The van der Waals surface area contributed by atoms with Gasteiger partial charge >= 0.3 is 0 Å². The van der Waals surface area contributed by atoms with E-state index in [2.05, 4.69) is 10.6 Å². The van der Waals surface area contributed by atoms with Gasteiger partial charge in [0.15, 0.2) is 5.76 Å². The molecule has 0 saturated carbocycles. The minimum atomic E-state index is -0.594. The van der Waals surface area contributed by atoms with E-state index in [1.54, 1.807) is 17.6 Å². The average Bonchev–Trinajstić information content (AvgIpc) is 3.13. The number of carbonyl (C=O) groups is 2. The smallest absolute Gasteiger partial charge is 0.287 e. The van der Waals surface area contributed by atoms with Crippen molar-refractivity contribution in [3.8, 4) is 5.75 Å². The predicted octanol–water partition coefficient (Wildman–Crippen LogP) is 2.12. The lowest BCUT2D eigenvalue weighted by Gasteiger charge is -2.08. The fourth-order valence-corrected chi connectivity index (χ4v) is 2.96. The lowest BCUT2D eigenvalue weighted by atomic mass is 10.1. The van der Waals surface area contributed by atoms with E-state index in [1.165, 1.54) is 12.1 Å². The number of hydrogen-bond donors (Lipinski definition) is 4. The van der Waals surface area contributed by atoms with Crippen LogP contribution in [0.3, 0.4) is 0 Å². The summed E-state index contributed by atoms with van der Waals surface area (Å²) in [6, 6.07) is 13.9. The molecule has 0 aliphatic carbocycles. The maximum Gasteiger partial charge on any atom is 0.287 e. The van der Waals surface area contributed by atoms with Crippen LogP contribution in [0.2, 0.25) is 0 Å². The third kappa shape index (κ3) is 4.92. The minimum Gasteiger partial charge on any atom is -0.492 e. The molecule has 4 N–H and O–H groups in total. The molecule has 0 atom stereocenters. The zero-order chi connectivity index (χ0) is 20.6. The second kappa shape index (κ2) is 9.72. The summed E-state index contributed by atoms with van der Waals surface area (Å²) in [6.07, 6.45) is 0.681. The average molecular weight is 397 g/mol. The third-order valence-electron chi connectivity index (χ3n) is 4.40. The van der Waals surface area contributed by atoms with Crippen LogP contribution in [0.15, 0.2) is 52.9 Å². The summed E-state index contributed by atoms with van der Waals surface area (Å²) < 4.78 is 11.3. The molecule has 2 amide bonds. The second-order valence-corrected chi connectivity index (χ2v) is 6.33.